The second-order valence-electron chi connectivity index (χ2n) is 4.43. The number of aryl methyl sites for hydroxylation is 1. The molecule has 0 aromatic carbocycles. The van der Waals surface area contributed by atoms with Crippen LogP contribution in [0.4, 0.5) is 17.6 Å². The first-order valence-corrected chi connectivity index (χ1v) is 5.88. The fourth-order valence-corrected chi connectivity index (χ4v) is 2.03. The molecule has 0 radical (unpaired) electrons. The van der Waals surface area contributed by atoms with Crippen LogP contribution in [-0.2, 0) is 13.2 Å². The molecular weight excluding hydrogens is 288 g/mol. The zero-order valence-corrected chi connectivity index (χ0v) is 10.7. The van der Waals surface area contributed by atoms with Crippen molar-refractivity contribution >= 4 is 11.2 Å². The fourth-order valence-electron chi connectivity index (χ4n) is 2.03. The van der Waals surface area contributed by atoms with Crippen LogP contribution >= 0.6 is 0 Å². The molecule has 0 saturated heterocycles. The zero-order valence-electron chi connectivity index (χ0n) is 10.7. The maximum Gasteiger partial charge on any atom is 0.417 e. The van der Waals surface area contributed by atoms with Crippen molar-refractivity contribution in [2.24, 2.45) is 7.05 Å². The van der Waals surface area contributed by atoms with Gasteiger partial charge in [0.1, 0.15) is 11.3 Å². The summed E-state index contributed by atoms with van der Waals surface area (Å²) in [7, 11) is 1.60. The van der Waals surface area contributed by atoms with Gasteiger partial charge in [-0.25, -0.2) is 15.0 Å². The first-order chi connectivity index (χ1) is 9.86. The van der Waals surface area contributed by atoms with Crippen molar-refractivity contribution in [1.82, 2.24) is 19.5 Å². The summed E-state index contributed by atoms with van der Waals surface area (Å²) in [5.41, 5.74) is -0.0770. The first kappa shape index (κ1) is 13.5. The van der Waals surface area contributed by atoms with Crippen molar-refractivity contribution in [2.75, 3.05) is 0 Å². The molecule has 3 rings (SSSR count). The molecule has 0 aliphatic rings. The molecule has 0 aliphatic heterocycles. The highest BCUT2D eigenvalue weighted by molar-refractivity contribution is 5.77. The Hall–Kier alpha value is -2.51. The molecule has 108 valence electrons. The predicted octanol–water partition coefficient (Wildman–Crippen LogP) is 3.19. The molecular formula is C13H8F4N4. The van der Waals surface area contributed by atoms with Crippen LogP contribution < -0.4 is 0 Å². The molecule has 0 spiro atoms. The van der Waals surface area contributed by atoms with E-state index in [0.29, 0.717) is 11.4 Å². The predicted molar refractivity (Wildman–Crippen MR) is 66.7 cm³/mol. The van der Waals surface area contributed by atoms with E-state index >= 15 is 0 Å². The number of nitrogens with zero attached hydrogens (tertiary/aromatic N) is 4. The summed E-state index contributed by atoms with van der Waals surface area (Å²) in [4.78, 5) is 11.3. The molecule has 3 aromatic heterocycles. The topological polar surface area (TPSA) is 43.6 Å². The van der Waals surface area contributed by atoms with Gasteiger partial charge >= 0.3 is 6.18 Å². The standard InChI is InChI=1S/C13H8F4N4/c1-21-11(7-2-3-18-10(14)4-7)20-9-5-8(13(15,16)17)6-19-12(9)21/h2-6H,1H3. The second kappa shape index (κ2) is 4.51. The van der Waals surface area contributed by atoms with Crippen LogP contribution in [0.5, 0.6) is 0 Å². The van der Waals surface area contributed by atoms with Crippen LogP contribution in [0.15, 0.2) is 30.6 Å². The average molecular weight is 296 g/mol. The number of hydrogen-bond acceptors (Lipinski definition) is 3. The van der Waals surface area contributed by atoms with E-state index in [1.54, 1.807) is 7.05 Å². The van der Waals surface area contributed by atoms with Crippen molar-refractivity contribution in [3.05, 3.63) is 42.1 Å². The van der Waals surface area contributed by atoms with Crippen LogP contribution in [0, 0.1) is 5.95 Å². The quantitative estimate of drug-likeness (QED) is 0.511. The number of aromatic nitrogens is 4. The number of hydrogen-bond donors (Lipinski definition) is 0. The van der Waals surface area contributed by atoms with Crippen molar-refractivity contribution in [1.29, 1.82) is 0 Å². The molecule has 0 amide bonds. The Kier molecular flexibility index (Phi) is 2.89. The van der Waals surface area contributed by atoms with E-state index in [1.807, 2.05) is 0 Å². The molecule has 3 heterocycles. The van der Waals surface area contributed by atoms with Crippen molar-refractivity contribution < 1.29 is 17.6 Å². The van der Waals surface area contributed by atoms with Gasteiger partial charge in [-0.05, 0) is 12.1 Å². The van der Waals surface area contributed by atoms with E-state index in [4.69, 9.17) is 0 Å². The number of halogens is 4. The Morgan fingerprint density at radius 3 is 2.57 bits per heavy atom. The van der Waals surface area contributed by atoms with E-state index in [-0.39, 0.29) is 11.2 Å². The molecule has 21 heavy (non-hydrogen) atoms. The Bertz CT molecular complexity index is 823. The Balaban J connectivity index is 2.20. The Morgan fingerprint density at radius 2 is 1.90 bits per heavy atom. The van der Waals surface area contributed by atoms with Crippen LogP contribution in [0.2, 0.25) is 0 Å². The number of fused-ring (bicyclic) bond motifs is 1. The lowest BCUT2D eigenvalue weighted by molar-refractivity contribution is -0.137. The summed E-state index contributed by atoms with van der Waals surface area (Å²) in [5, 5.41) is 0. The van der Waals surface area contributed by atoms with Gasteiger partial charge in [0.25, 0.3) is 0 Å². The van der Waals surface area contributed by atoms with Crippen molar-refractivity contribution in [3.8, 4) is 11.4 Å². The van der Waals surface area contributed by atoms with Gasteiger partial charge in [-0.3, -0.25) is 0 Å². The lowest BCUT2D eigenvalue weighted by atomic mass is 10.2. The van der Waals surface area contributed by atoms with Crippen LogP contribution in [0.25, 0.3) is 22.6 Å². The molecule has 0 unspecified atom stereocenters. The van der Waals surface area contributed by atoms with Gasteiger partial charge < -0.3 is 4.57 Å². The summed E-state index contributed by atoms with van der Waals surface area (Å²) in [6.07, 6.45) is -2.47. The summed E-state index contributed by atoms with van der Waals surface area (Å²) >= 11 is 0. The minimum absolute atomic E-state index is 0.0968. The largest absolute Gasteiger partial charge is 0.417 e. The van der Waals surface area contributed by atoms with Crippen molar-refractivity contribution in [2.45, 2.75) is 6.18 Å². The molecule has 0 bridgehead atoms. The van der Waals surface area contributed by atoms with Gasteiger partial charge in [0.15, 0.2) is 5.65 Å². The molecule has 0 N–H and O–H groups in total. The van der Waals surface area contributed by atoms with Crippen LogP contribution in [-0.4, -0.2) is 19.5 Å². The normalized spacial score (nSPS) is 12.0. The van der Waals surface area contributed by atoms with E-state index < -0.39 is 17.7 Å². The van der Waals surface area contributed by atoms with Crippen molar-refractivity contribution in [3.63, 3.8) is 0 Å². The lowest BCUT2D eigenvalue weighted by Crippen LogP contribution is -2.05. The maximum atomic E-state index is 13.1. The van der Waals surface area contributed by atoms with Crippen LogP contribution in [0.1, 0.15) is 5.56 Å². The maximum absolute atomic E-state index is 13.1. The van der Waals surface area contributed by atoms with E-state index in [2.05, 4.69) is 15.0 Å². The van der Waals surface area contributed by atoms with Gasteiger partial charge in [0.2, 0.25) is 5.95 Å². The molecule has 0 aliphatic carbocycles. The highest BCUT2D eigenvalue weighted by Gasteiger charge is 2.31. The SMILES string of the molecule is Cn1c(-c2ccnc(F)c2)nc2cc(C(F)(F)F)cnc21. The third-order valence-corrected chi connectivity index (χ3v) is 3.02. The number of rotatable bonds is 1. The Labute approximate surface area is 116 Å². The molecule has 3 aromatic rings. The summed E-state index contributed by atoms with van der Waals surface area (Å²) in [5.74, 6) is -0.373. The zero-order chi connectivity index (χ0) is 15.2. The molecule has 0 atom stereocenters. The number of imidazole rings is 1. The lowest BCUT2D eigenvalue weighted by Gasteiger charge is -2.05. The summed E-state index contributed by atoms with van der Waals surface area (Å²) in [6, 6.07) is 3.60. The van der Waals surface area contributed by atoms with Crippen LogP contribution in [0.3, 0.4) is 0 Å². The van der Waals surface area contributed by atoms with Gasteiger partial charge in [-0.1, -0.05) is 0 Å². The number of pyridine rings is 2. The number of alkyl halides is 3. The minimum Gasteiger partial charge on any atom is -0.312 e. The molecule has 0 fully saturated rings. The smallest absolute Gasteiger partial charge is 0.312 e. The monoisotopic (exact) mass is 296 g/mol. The Morgan fingerprint density at radius 1 is 1.14 bits per heavy atom. The average Bonchev–Trinajstić information content (AvgIpc) is 2.75. The van der Waals surface area contributed by atoms with Gasteiger partial charge in [-0.2, -0.15) is 17.6 Å². The fraction of sp³-hybridized carbons (Fsp3) is 0.154. The highest BCUT2D eigenvalue weighted by Crippen LogP contribution is 2.31. The highest BCUT2D eigenvalue weighted by atomic mass is 19.4. The minimum atomic E-state index is -4.48. The molecule has 8 heteroatoms. The van der Waals surface area contributed by atoms with Gasteiger partial charge in [-0.15, -0.1) is 0 Å². The second-order valence-corrected chi connectivity index (χ2v) is 4.43. The molecule has 0 saturated carbocycles. The summed E-state index contributed by atoms with van der Waals surface area (Å²) in [6.45, 7) is 0. The third kappa shape index (κ3) is 2.32. The van der Waals surface area contributed by atoms with E-state index in [1.165, 1.54) is 16.8 Å². The van der Waals surface area contributed by atoms with Gasteiger partial charge in [0.05, 0.1) is 5.56 Å². The van der Waals surface area contributed by atoms with Gasteiger partial charge in [0, 0.05) is 31.1 Å². The molecule has 4 nitrogen and oxygen atoms in total. The first-order valence-electron chi connectivity index (χ1n) is 5.88. The van der Waals surface area contributed by atoms with E-state index in [9.17, 15) is 17.6 Å². The summed E-state index contributed by atoms with van der Waals surface area (Å²) < 4.78 is 52.7. The third-order valence-electron chi connectivity index (χ3n) is 3.02. The van der Waals surface area contributed by atoms with E-state index in [0.717, 1.165) is 18.3 Å².